The fourth-order valence-corrected chi connectivity index (χ4v) is 2.68. The van der Waals surface area contributed by atoms with Crippen LogP contribution in [-0.4, -0.2) is 30.4 Å². The maximum absolute atomic E-state index is 13.9. The second kappa shape index (κ2) is 7.36. The van der Waals surface area contributed by atoms with E-state index in [-0.39, 0.29) is 24.7 Å². The molecule has 2 heterocycles. The summed E-state index contributed by atoms with van der Waals surface area (Å²) in [5, 5.41) is 21.4. The van der Waals surface area contributed by atoms with Gasteiger partial charge in [-0.05, 0) is 24.8 Å². The van der Waals surface area contributed by atoms with Crippen molar-refractivity contribution in [2.24, 2.45) is 0 Å². The Hall–Kier alpha value is -3.56. The van der Waals surface area contributed by atoms with Gasteiger partial charge in [-0.3, -0.25) is 9.48 Å². The van der Waals surface area contributed by atoms with Crippen LogP contribution >= 0.6 is 0 Å². The molecule has 1 aromatic carbocycles. The molecule has 27 heavy (non-hydrogen) atoms. The van der Waals surface area contributed by atoms with Gasteiger partial charge in [-0.2, -0.15) is 9.78 Å². The van der Waals surface area contributed by atoms with E-state index in [4.69, 9.17) is 0 Å². The summed E-state index contributed by atoms with van der Waals surface area (Å²) in [7, 11) is 0. The van der Waals surface area contributed by atoms with E-state index in [0.29, 0.717) is 22.6 Å². The zero-order chi connectivity index (χ0) is 19.6. The van der Waals surface area contributed by atoms with Crippen molar-refractivity contribution in [2.75, 3.05) is 5.32 Å². The third-order valence-corrected chi connectivity index (χ3v) is 4.04. The lowest BCUT2D eigenvalue weighted by molar-refractivity contribution is -0.389. The van der Waals surface area contributed by atoms with Crippen molar-refractivity contribution in [1.29, 1.82) is 0 Å². The van der Waals surface area contributed by atoms with Crippen LogP contribution in [0.15, 0.2) is 36.5 Å². The Bertz CT molecular complexity index is 1010. The summed E-state index contributed by atoms with van der Waals surface area (Å²) in [5.74, 6) is -1.05. The van der Waals surface area contributed by atoms with Crippen LogP contribution in [-0.2, 0) is 17.9 Å². The van der Waals surface area contributed by atoms with Crippen LogP contribution in [0.5, 0.6) is 0 Å². The second-order valence-corrected chi connectivity index (χ2v) is 5.97. The number of aryl methyl sites for hydroxylation is 1. The van der Waals surface area contributed by atoms with Crippen molar-refractivity contribution in [3.63, 3.8) is 0 Å². The fraction of sp³-hybridized carbons (Fsp3) is 0.235. The third-order valence-electron chi connectivity index (χ3n) is 4.04. The Morgan fingerprint density at radius 3 is 2.67 bits per heavy atom. The third kappa shape index (κ3) is 4.00. The summed E-state index contributed by atoms with van der Waals surface area (Å²) < 4.78 is 16.7. The van der Waals surface area contributed by atoms with Crippen molar-refractivity contribution in [1.82, 2.24) is 19.6 Å². The average molecular weight is 372 g/mol. The van der Waals surface area contributed by atoms with Crippen molar-refractivity contribution in [3.05, 3.63) is 69.4 Å². The predicted octanol–water partition coefficient (Wildman–Crippen LogP) is 2.43. The molecule has 3 aromatic rings. The van der Waals surface area contributed by atoms with Gasteiger partial charge >= 0.3 is 5.82 Å². The van der Waals surface area contributed by atoms with Crippen LogP contribution in [0, 0.1) is 29.8 Å². The van der Waals surface area contributed by atoms with E-state index in [1.807, 2.05) is 0 Å². The maximum atomic E-state index is 13.9. The summed E-state index contributed by atoms with van der Waals surface area (Å²) in [4.78, 5) is 22.3. The normalized spacial score (nSPS) is 10.8. The Kier molecular flexibility index (Phi) is 4.97. The quantitative estimate of drug-likeness (QED) is 0.528. The summed E-state index contributed by atoms with van der Waals surface area (Å²) in [5.41, 5.74) is 2.28. The smallest absolute Gasteiger partial charge is 0.358 e. The van der Waals surface area contributed by atoms with Gasteiger partial charge in [-0.1, -0.05) is 18.2 Å². The molecule has 0 atom stereocenters. The van der Waals surface area contributed by atoms with Crippen molar-refractivity contribution in [3.8, 4) is 0 Å². The SMILES string of the molecule is Cc1nn(Cc2ccccc2F)c(C)c1NC(=O)Cn1ccc([N+](=O)[O-])n1. The first-order chi connectivity index (χ1) is 12.8. The molecule has 0 aliphatic carbocycles. The van der Waals surface area contributed by atoms with Crippen LogP contribution in [0.25, 0.3) is 0 Å². The van der Waals surface area contributed by atoms with E-state index in [1.54, 1.807) is 36.7 Å². The number of carbonyl (C=O) groups excluding carboxylic acids is 1. The molecule has 0 saturated carbocycles. The molecule has 9 nitrogen and oxygen atoms in total. The number of nitrogens with one attached hydrogen (secondary N) is 1. The number of nitrogens with zero attached hydrogens (tertiary/aromatic N) is 5. The number of hydrogen-bond acceptors (Lipinski definition) is 5. The zero-order valence-corrected chi connectivity index (χ0v) is 14.7. The lowest BCUT2D eigenvalue weighted by atomic mass is 10.2. The second-order valence-electron chi connectivity index (χ2n) is 5.97. The van der Waals surface area contributed by atoms with Crippen molar-refractivity contribution >= 4 is 17.4 Å². The lowest BCUT2D eigenvalue weighted by Crippen LogP contribution is -2.20. The van der Waals surface area contributed by atoms with Gasteiger partial charge < -0.3 is 15.4 Å². The van der Waals surface area contributed by atoms with Crippen molar-refractivity contribution < 1.29 is 14.1 Å². The zero-order valence-electron chi connectivity index (χ0n) is 14.7. The number of nitro groups is 1. The molecule has 3 rings (SSSR count). The maximum Gasteiger partial charge on any atom is 0.389 e. The highest BCUT2D eigenvalue weighted by Crippen LogP contribution is 2.21. The molecule has 0 fully saturated rings. The van der Waals surface area contributed by atoms with Gasteiger partial charge in [0.05, 0.1) is 41.0 Å². The summed E-state index contributed by atoms with van der Waals surface area (Å²) in [6.45, 7) is 3.57. The summed E-state index contributed by atoms with van der Waals surface area (Å²) in [6.07, 6.45) is 1.36. The molecule has 0 spiro atoms. The number of anilines is 1. The van der Waals surface area contributed by atoms with Gasteiger partial charge in [0, 0.05) is 5.56 Å². The van der Waals surface area contributed by atoms with Crippen molar-refractivity contribution in [2.45, 2.75) is 26.9 Å². The van der Waals surface area contributed by atoms with Crippen LogP contribution in [0.1, 0.15) is 17.0 Å². The minimum atomic E-state index is -0.630. The Balaban J connectivity index is 1.73. The molecule has 1 amide bonds. The molecule has 0 aliphatic heterocycles. The molecule has 1 N–H and O–H groups in total. The molecule has 140 valence electrons. The monoisotopic (exact) mass is 372 g/mol. The number of rotatable bonds is 6. The molecular formula is C17H17FN6O3. The standard InChI is InChI=1S/C17H17FN6O3/c1-11-17(19-16(25)10-22-8-7-15(21-22)24(26)27)12(2)23(20-11)9-13-5-3-4-6-14(13)18/h3-8H,9-10H2,1-2H3,(H,19,25). The topological polar surface area (TPSA) is 108 Å². The summed E-state index contributed by atoms with van der Waals surface area (Å²) in [6, 6.07) is 7.64. The van der Waals surface area contributed by atoms with Crippen LogP contribution in [0.2, 0.25) is 0 Å². The van der Waals surface area contributed by atoms with Crippen LogP contribution in [0.4, 0.5) is 15.9 Å². The fourth-order valence-electron chi connectivity index (χ4n) is 2.68. The number of amides is 1. The largest absolute Gasteiger partial charge is 0.389 e. The number of carbonyl (C=O) groups is 1. The van der Waals surface area contributed by atoms with Gasteiger partial charge in [0.2, 0.25) is 5.91 Å². The highest BCUT2D eigenvalue weighted by atomic mass is 19.1. The van der Waals surface area contributed by atoms with E-state index in [2.05, 4.69) is 15.5 Å². The molecular weight excluding hydrogens is 355 g/mol. The molecule has 0 radical (unpaired) electrons. The van der Waals surface area contributed by atoms with Gasteiger partial charge in [-0.15, -0.1) is 0 Å². The molecule has 2 aromatic heterocycles. The predicted molar refractivity (Wildman–Crippen MR) is 94.7 cm³/mol. The Morgan fingerprint density at radius 2 is 2.00 bits per heavy atom. The van der Waals surface area contributed by atoms with Crippen LogP contribution < -0.4 is 5.32 Å². The summed E-state index contributed by atoms with van der Waals surface area (Å²) >= 11 is 0. The number of benzene rings is 1. The first-order valence-corrected chi connectivity index (χ1v) is 8.10. The molecule has 0 bridgehead atoms. The van der Waals surface area contributed by atoms with Gasteiger partial charge in [-0.25, -0.2) is 4.39 Å². The highest BCUT2D eigenvalue weighted by molar-refractivity contribution is 5.91. The van der Waals surface area contributed by atoms with E-state index in [1.165, 1.54) is 23.0 Å². The van der Waals surface area contributed by atoms with E-state index in [0.717, 1.165) is 0 Å². The average Bonchev–Trinajstić information content (AvgIpc) is 3.17. The Labute approximate surface area is 153 Å². The van der Waals surface area contributed by atoms with Crippen LogP contribution in [0.3, 0.4) is 0 Å². The number of halogens is 1. The van der Waals surface area contributed by atoms with Gasteiger partial charge in [0.25, 0.3) is 0 Å². The van der Waals surface area contributed by atoms with Gasteiger partial charge in [0.1, 0.15) is 12.4 Å². The first kappa shape index (κ1) is 18.2. The lowest BCUT2D eigenvalue weighted by Gasteiger charge is -2.07. The molecule has 10 heteroatoms. The molecule has 0 aliphatic rings. The number of hydrogen-bond donors (Lipinski definition) is 1. The first-order valence-electron chi connectivity index (χ1n) is 8.10. The molecule has 0 unspecified atom stereocenters. The highest BCUT2D eigenvalue weighted by Gasteiger charge is 2.18. The van der Waals surface area contributed by atoms with E-state index >= 15 is 0 Å². The van der Waals surface area contributed by atoms with Gasteiger partial charge in [0.15, 0.2) is 0 Å². The number of aromatic nitrogens is 4. The minimum absolute atomic E-state index is 0.175. The van der Waals surface area contributed by atoms with E-state index < -0.39 is 10.8 Å². The Morgan fingerprint density at radius 1 is 1.26 bits per heavy atom. The molecule has 0 saturated heterocycles. The minimum Gasteiger partial charge on any atom is -0.358 e. The van der Waals surface area contributed by atoms with E-state index in [9.17, 15) is 19.3 Å².